The largest absolute Gasteiger partial charge is 0.461 e. The molecule has 2 rings (SSSR count). The summed E-state index contributed by atoms with van der Waals surface area (Å²) in [4.78, 5) is 33.9. The van der Waals surface area contributed by atoms with E-state index in [1.807, 2.05) is 0 Å². The Bertz CT molecular complexity index is 586. The Labute approximate surface area is 134 Å². The van der Waals surface area contributed by atoms with E-state index in [2.05, 4.69) is 6.58 Å². The molecule has 1 saturated heterocycles. The van der Waals surface area contributed by atoms with Gasteiger partial charge in [0.15, 0.2) is 0 Å². The van der Waals surface area contributed by atoms with E-state index in [-0.39, 0.29) is 18.6 Å². The number of rotatable bonds is 3. The second-order valence-corrected chi connectivity index (χ2v) is 5.73. The quantitative estimate of drug-likeness (QED) is 0.364. The third-order valence-electron chi connectivity index (χ3n) is 4.01. The van der Waals surface area contributed by atoms with Gasteiger partial charge in [-0.2, -0.15) is 0 Å². The molecule has 0 saturated carbocycles. The van der Waals surface area contributed by atoms with E-state index < -0.39 is 30.1 Å². The van der Waals surface area contributed by atoms with Crippen molar-refractivity contribution < 1.29 is 29.0 Å². The number of carbonyl (C=O) groups excluding carboxylic acids is 3. The smallest absolute Gasteiger partial charge is 0.334 e. The van der Waals surface area contributed by atoms with Crippen LogP contribution in [0, 0.1) is 5.92 Å². The van der Waals surface area contributed by atoms with Crippen LogP contribution in [0.3, 0.4) is 0 Å². The van der Waals surface area contributed by atoms with E-state index >= 15 is 0 Å². The summed E-state index contributed by atoms with van der Waals surface area (Å²) in [6.45, 7) is 5.09. The molecule has 0 bridgehead atoms. The van der Waals surface area contributed by atoms with Gasteiger partial charge >= 0.3 is 11.9 Å². The van der Waals surface area contributed by atoms with Gasteiger partial charge in [-0.05, 0) is 30.1 Å². The molecule has 1 fully saturated rings. The number of hydrogen-bond acceptors (Lipinski definition) is 6. The van der Waals surface area contributed by atoms with Crippen molar-refractivity contribution in [2.75, 3.05) is 6.61 Å². The molecule has 0 aromatic heterocycles. The molecule has 124 valence electrons. The highest BCUT2D eigenvalue weighted by atomic mass is 16.6. The molecule has 3 atom stereocenters. The number of aliphatic hydroxyl groups is 1. The van der Waals surface area contributed by atoms with Crippen LogP contribution in [0.4, 0.5) is 0 Å². The van der Waals surface area contributed by atoms with Crippen LogP contribution in [-0.2, 0) is 23.9 Å². The van der Waals surface area contributed by atoms with Crippen LogP contribution in [0.25, 0.3) is 0 Å². The summed E-state index contributed by atoms with van der Waals surface area (Å²) in [6.07, 6.45) is 3.84. The average Bonchev–Trinajstić information content (AvgIpc) is 2.77. The normalized spacial score (nSPS) is 32.7. The van der Waals surface area contributed by atoms with Crippen molar-refractivity contribution in [3.63, 3.8) is 0 Å². The zero-order valence-electron chi connectivity index (χ0n) is 13.0. The van der Waals surface area contributed by atoms with E-state index in [0.29, 0.717) is 24.7 Å². The molecule has 1 N–H and O–H groups in total. The molecule has 1 heterocycles. The standard InChI is InChI=1S/C17H20O6/c1-10-16-14(20)6-12(8-18)4-3-5-13(9-22-11(2)19)7-15(16)23-17(10)21/h4,7-8,14-16,20H,1,3,5-6,9H2,2H3/b12-4-,13-7-/t14-,15+,16+/m0/s1. The monoisotopic (exact) mass is 320 g/mol. The van der Waals surface area contributed by atoms with Crippen LogP contribution in [-0.4, -0.2) is 42.1 Å². The maximum absolute atomic E-state index is 11.8. The minimum atomic E-state index is -0.945. The van der Waals surface area contributed by atoms with Gasteiger partial charge in [-0.15, -0.1) is 0 Å². The predicted molar refractivity (Wildman–Crippen MR) is 81.2 cm³/mol. The van der Waals surface area contributed by atoms with Crippen LogP contribution in [0.5, 0.6) is 0 Å². The Morgan fingerprint density at radius 2 is 2.30 bits per heavy atom. The molecule has 0 radical (unpaired) electrons. The number of hydrogen-bond donors (Lipinski definition) is 1. The van der Waals surface area contributed by atoms with Gasteiger partial charge in [-0.25, -0.2) is 4.79 Å². The van der Waals surface area contributed by atoms with Crippen LogP contribution >= 0.6 is 0 Å². The van der Waals surface area contributed by atoms with Gasteiger partial charge in [0.05, 0.1) is 12.0 Å². The third kappa shape index (κ3) is 4.16. The Balaban J connectivity index is 2.31. The summed E-state index contributed by atoms with van der Waals surface area (Å²) in [5.74, 6) is -1.58. The van der Waals surface area contributed by atoms with Crippen LogP contribution in [0.15, 0.2) is 35.5 Å². The molecule has 1 aliphatic heterocycles. The minimum Gasteiger partial charge on any atom is -0.461 e. The van der Waals surface area contributed by atoms with Crippen molar-refractivity contribution >= 4 is 18.2 Å². The van der Waals surface area contributed by atoms with Crippen molar-refractivity contribution in [2.45, 2.75) is 38.4 Å². The molecule has 0 aromatic carbocycles. The number of esters is 2. The van der Waals surface area contributed by atoms with Gasteiger partial charge in [0.2, 0.25) is 0 Å². The summed E-state index contributed by atoms with van der Waals surface area (Å²) in [6, 6.07) is 0. The highest BCUT2D eigenvalue weighted by molar-refractivity contribution is 5.91. The van der Waals surface area contributed by atoms with Gasteiger partial charge in [0.1, 0.15) is 19.0 Å². The number of allylic oxidation sites excluding steroid dienone is 1. The van der Waals surface area contributed by atoms with Crippen molar-refractivity contribution in [1.82, 2.24) is 0 Å². The first-order valence-electron chi connectivity index (χ1n) is 7.47. The molecule has 2 aliphatic rings. The Morgan fingerprint density at radius 1 is 1.57 bits per heavy atom. The van der Waals surface area contributed by atoms with Gasteiger partial charge in [0.25, 0.3) is 0 Å². The number of carbonyl (C=O) groups is 3. The van der Waals surface area contributed by atoms with Crippen molar-refractivity contribution in [3.05, 3.63) is 35.5 Å². The van der Waals surface area contributed by atoms with Gasteiger partial charge < -0.3 is 14.6 Å². The third-order valence-corrected chi connectivity index (χ3v) is 4.01. The zero-order valence-corrected chi connectivity index (χ0v) is 13.0. The van der Waals surface area contributed by atoms with E-state index in [1.54, 1.807) is 12.2 Å². The molecule has 0 spiro atoms. The van der Waals surface area contributed by atoms with E-state index in [9.17, 15) is 19.5 Å². The SMILES string of the molecule is C=C1C(=O)O[C@@H]2/C=C(\COC(C)=O)CC/C=C(\C=O)C[C@H](O)[C@@H]12. The molecule has 6 nitrogen and oxygen atoms in total. The first-order chi connectivity index (χ1) is 10.9. The first-order valence-corrected chi connectivity index (χ1v) is 7.47. The molecule has 0 amide bonds. The number of ether oxygens (including phenoxy) is 2. The Kier molecular flexibility index (Phi) is 5.50. The highest BCUT2D eigenvalue weighted by Crippen LogP contribution is 2.34. The van der Waals surface area contributed by atoms with Crippen LogP contribution in [0.1, 0.15) is 26.2 Å². The number of aliphatic hydroxyl groups excluding tert-OH is 1. The lowest BCUT2D eigenvalue weighted by Crippen LogP contribution is -2.29. The molecular formula is C17H20O6. The van der Waals surface area contributed by atoms with Crippen LogP contribution in [0.2, 0.25) is 0 Å². The van der Waals surface area contributed by atoms with Gasteiger partial charge in [0, 0.05) is 18.9 Å². The lowest BCUT2D eigenvalue weighted by molar-refractivity contribution is -0.140. The Morgan fingerprint density at radius 3 is 2.96 bits per heavy atom. The first kappa shape index (κ1) is 17.1. The summed E-state index contributed by atoms with van der Waals surface area (Å²) in [7, 11) is 0. The second kappa shape index (κ2) is 7.37. The maximum Gasteiger partial charge on any atom is 0.334 e. The van der Waals surface area contributed by atoms with E-state index in [4.69, 9.17) is 9.47 Å². The minimum absolute atomic E-state index is 0.0862. The number of aldehydes is 1. The lowest BCUT2D eigenvalue weighted by atomic mass is 9.85. The number of fused-ring (bicyclic) bond motifs is 1. The second-order valence-electron chi connectivity index (χ2n) is 5.73. The fourth-order valence-corrected chi connectivity index (χ4v) is 2.82. The molecule has 6 heteroatoms. The van der Waals surface area contributed by atoms with Crippen molar-refractivity contribution in [2.24, 2.45) is 5.92 Å². The fraction of sp³-hybridized carbons (Fsp3) is 0.471. The topological polar surface area (TPSA) is 89.9 Å². The summed E-state index contributed by atoms with van der Waals surface area (Å²) < 4.78 is 10.3. The van der Waals surface area contributed by atoms with Crippen molar-refractivity contribution in [3.8, 4) is 0 Å². The lowest BCUT2D eigenvalue weighted by Gasteiger charge is -2.23. The highest BCUT2D eigenvalue weighted by Gasteiger charge is 2.42. The van der Waals surface area contributed by atoms with Gasteiger partial charge in [-0.1, -0.05) is 12.7 Å². The summed E-state index contributed by atoms with van der Waals surface area (Å²) in [5, 5.41) is 10.4. The fourth-order valence-electron chi connectivity index (χ4n) is 2.82. The van der Waals surface area contributed by atoms with E-state index in [1.165, 1.54) is 6.92 Å². The summed E-state index contributed by atoms with van der Waals surface area (Å²) in [5.41, 5.74) is 1.43. The molecule has 1 aliphatic carbocycles. The van der Waals surface area contributed by atoms with Crippen molar-refractivity contribution in [1.29, 1.82) is 0 Å². The molecule has 23 heavy (non-hydrogen) atoms. The molecule has 0 aromatic rings. The van der Waals surface area contributed by atoms with E-state index in [0.717, 1.165) is 5.57 Å². The maximum atomic E-state index is 11.8. The molecule has 0 unspecified atom stereocenters. The van der Waals surface area contributed by atoms with Gasteiger partial charge in [-0.3, -0.25) is 9.59 Å². The molecular weight excluding hydrogens is 300 g/mol. The predicted octanol–water partition coefficient (Wildman–Crippen LogP) is 1.24. The summed E-state index contributed by atoms with van der Waals surface area (Å²) >= 11 is 0. The average molecular weight is 320 g/mol. The van der Waals surface area contributed by atoms with Crippen LogP contribution < -0.4 is 0 Å². The zero-order chi connectivity index (χ0) is 17.0. The Hall–Kier alpha value is -2.21.